The van der Waals surface area contributed by atoms with Gasteiger partial charge in [-0.2, -0.15) is 0 Å². The number of pyridine rings is 1. The zero-order chi connectivity index (χ0) is 23.3. The maximum absolute atomic E-state index is 10.2. The van der Waals surface area contributed by atoms with Crippen LogP contribution in [-0.2, 0) is 0 Å². The van der Waals surface area contributed by atoms with Crippen molar-refractivity contribution in [1.29, 1.82) is 0 Å². The molecule has 5 aromatic rings. The molecule has 0 bridgehead atoms. The minimum Gasteiger partial charge on any atom is -0.390 e. The normalized spacial score (nSPS) is 15.9. The van der Waals surface area contributed by atoms with Crippen LogP contribution in [-0.4, -0.2) is 37.7 Å². The number of fused-ring (bicyclic) bond motifs is 2. The molecule has 7 heteroatoms. The molecule has 0 radical (unpaired) electrons. The van der Waals surface area contributed by atoms with Crippen molar-refractivity contribution in [3.8, 4) is 22.3 Å². The zero-order valence-corrected chi connectivity index (χ0v) is 21.8. The quantitative estimate of drug-likeness (QED) is 0.224. The van der Waals surface area contributed by atoms with Gasteiger partial charge in [-0.15, -0.1) is 0 Å². The Labute approximate surface area is 214 Å². The third-order valence-electron chi connectivity index (χ3n) is 6.96. The first kappa shape index (κ1) is 22.0. The number of aromatic amines is 1. The molecule has 6 rings (SSSR count). The van der Waals surface area contributed by atoms with Crippen LogP contribution in [0.3, 0.4) is 0 Å². The highest BCUT2D eigenvalue weighted by Crippen LogP contribution is 2.37. The Morgan fingerprint density at radius 3 is 2.53 bits per heavy atom. The number of nitrogens with zero attached hydrogens (tertiary/aromatic N) is 3. The maximum atomic E-state index is 10.2. The van der Waals surface area contributed by atoms with Crippen molar-refractivity contribution in [1.82, 2.24) is 13.9 Å². The Hall–Kier alpha value is -2.49. The molecule has 34 heavy (non-hydrogen) atoms. The maximum Gasteiger partial charge on any atom is 0.151 e. The van der Waals surface area contributed by atoms with E-state index in [1.165, 1.54) is 22.2 Å². The number of aliphatic hydroxyl groups is 1. The molecule has 0 spiro atoms. The standard InChI is InChI=1S/C27H25IN4OS/c1-27(33)9-12-31(13-10-27)22-5-2-18(3-6-22)21-15-23-24(17-32(34-28)26(23)30-16-21)19-4-7-25-20(14-19)8-11-29-25/h2-8,11,14-17,29,33H,9-10,12-13H2,1H3. The van der Waals surface area contributed by atoms with Crippen molar-refractivity contribution in [3.63, 3.8) is 0 Å². The number of aromatic nitrogens is 3. The fourth-order valence-electron chi connectivity index (χ4n) is 4.85. The fourth-order valence-corrected chi connectivity index (χ4v) is 6.11. The van der Waals surface area contributed by atoms with E-state index >= 15 is 0 Å². The molecule has 1 aliphatic heterocycles. The van der Waals surface area contributed by atoms with E-state index in [1.54, 1.807) is 9.12 Å². The number of hydrogen-bond acceptors (Lipinski definition) is 4. The average Bonchev–Trinajstić information content (AvgIpc) is 3.47. The summed E-state index contributed by atoms with van der Waals surface area (Å²) in [5, 5.41) is 12.6. The lowest BCUT2D eigenvalue weighted by Crippen LogP contribution is -2.42. The molecule has 1 saturated heterocycles. The predicted octanol–water partition coefficient (Wildman–Crippen LogP) is 7.05. The van der Waals surface area contributed by atoms with E-state index in [-0.39, 0.29) is 0 Å². The molecule has 4 heterocycles. The van der Waals surface area contributed by atoms with Crippen molar-refractivity contribution in [2.24, 2.45) is 0 Å². The lowest BCUT2D eigenvalue weighted by Gasteiger charge is -2.37. The number of anilines is 1. The van der Waals surface area contributed by atoms with Crippen LogP contribution in [0.5, 0.6) is 0 Å². The van der Waals surface area contributed by atoms with Crippen LogP contribution in [0.15, 0.2) is 73.2 Å². The van der Waals surface area contributed by atoms with Gasteiger partial charge in [0, 0.05) is 89.7 Å². The van der Waals surface area contributed by atoms with E-state index in [1.807, 2.05) is 19.3 Å². The Bertz CT molecular complexity index is 1480. The van der Waals surface area contributed by atoms with Crippen LogP contribution < -0.4 is 4.90 Å². The van der Waals surface area contributed by atoms with Crippen LogP contribution in [0.2, 0.25) is 0 Å². The van der Waals surface area contributed by atoms with E-state index in [9.17, 15) is 5.11 Å². The van der Waals surface area contributed by atoms with Crippen LogP contribution in [0.1, 0.15) is 19.8 Å². The third-order valence-corrected chi connectivity index (χ3v) is 8.66. The first-order valence-electron chi connectivity index (χ1n) is 11.5. The molecule has 0 atom stereocenters. The van der Waals surface area contributed by atoms with Crippen LogP contribution >= 0.6 is 30.3 Å². The van der Waals surface area contributed by atoms with Crippen molar-refractivity contribution < 1.29 is 5.11 Å². The van der Waals surface area contributed by atoms with Gasteiger partial charge in [0.1, 0.15) is 0 Å². The molecular weight excluding hydrogens is 555 g/mol. The second kappa shape index (κ2) is 8.62. The number of benzene rings is 2. The summed E-state index contributed by atoms with van der Waals surface area (Å²) in [5.74, 6) is 0. The van der Waals surface area contributed by atoms with Gasteiger partial charge < -0.3 is 15.0 Å². The van der Waals surface area contributed by atoms with Gasteiger partial charge >= 0.3 is 0 Å². The minimum absolute atomic E-state index is 0.534. The van der Waals surface area contributed by atoms with Gasteiger partial charge in [-0.25, -0.2) is 4.98 Å². The molecule has 2 aromatic carbocycles. The summed E-state index contributed by atoms with van der Waals surface area (Å²) < 4.78 is 2.13. The van der Waals surface area contributed by atoms with Crippen molar-refractivity contribution in [2.45, 2.75) is 25.4 Å². The summed E-state index contributed by atoms with van der Waals surface area (Å²) in [6.07, 6.45) is 7.74. The fraction of sp³-hybridized carbons (Fsp3) is 0.222. The molecule has 172 valence electrons. The second-order valence-electron chi connectivity index (χ2n) is 9.34. The van der Waals surface area contributed by atoms with Gasteiger partial charge in [0.15, 0.2) is 5.65 Å². The number of halogens is 1. The topological polar surface area (TPSA) is 57.1 Å². The first-order chi connectivity index (χ1) is 16.5. The Balaban J connectivity index is 1.36. The zero-order valence-electron chi connectivity index (χ0n) is 18.8. The number of rotatable bonds is 4. The molecule has 0 aliphatic carbocycles. The second-order valence-corrected chi connectivity index (χ2v) is 11.1. The molecule has 3 aromatic heterocycles. The van der Waals surface area contributed by atoms with Crippen LogP contribution in [0.25, 0.3) is 44.2 Å². The van der Waals surface area contributed by atoms with Gasteiger partial charge in [0.05, 0.1) is 5.60 Å². The van der Waals surface area contributed by atoms with Gasteiger partial charge in [-0.3, -0.25) is 3.97 Å². The largest absolute Gasteiger partial charge is 0.390 e. The average molecular weight is 580 g/mol. The number of H-pyrrole nitrogens is 1. The number of piperidine rings is 1. The minimum atomic E-state index is -0.534. The number of hydrogen-bond donors (Lipinski definition) is 2. The Morgan fingerprint density at radius 1 is 1.00 bits per heavy atom. The Kier molecular flexibility index (Phi) is 5.58. The summed E-state index contributed by atoms with van der Waals surface area (Å²) in [7, 11) is 1.63. The highest BCUT2D eigenvalue weighted by Gasteiger charge is 2.27. The van der Waals surface area contributed by atoms with Crippen LogP contribution in [0.4, 0.5) is 5.69 Å². The lowest BCUT2D eigenvalue weighted by atomic mass is 9.93. The lowest BCUT2D eigenvalue weighted by molar-refractivity contribution is 0.0351. The number of nitrogens with one attached hydrogen (secondary N) is 1. The van der Waals surface area contributed by atoms with Crippen molar-refractivity contribution >= 4 is 57.9 Å². The summed E-state index contributed by atoms with van der Waals surface area (Å²) in [6, 6.07) is 19.7. The Morgan fingerprint density at radius 2 is 1.76 bits per heavy atom. The molecule has 0 amide bonds. The molecule has 2 N–H and O–H groups in total. The molecule has 1 fully saturated rings. The van der Waals surface area contributed by atoms with Gasteiger partial charge in [0.2, 0.25) is 0 Å². The molecular formula is C27H25IN4OS. The molecule has 0 unspecified atom stereocenters. The monoisotopic (exact) mass is 580 g/mol. The van der Waals surface area contributed by atoms with Crippen molar-refractivity contribution in [2.75, 3.05) is 18.0 Å². The SMILES string of the molecule is CC1(O)CCN(c2ccc(-c3cnc4c(c3)c(-c3ccc5[nH]ccc5c3)cn4SI)cc2)CC1. The smallest absolute Gasteiger partial charge is 0.151 e. The van der Waals surface area contributed by atoms with E-state index in [0.29, 0.717) is 0 Å². The van der Waals surface area contributed by atoms with Crippen molar-refractivity contribution in [3.05, 3.63) is 73.2 Å². The van der Waals surface area contributed by atoms with Gasteiger partial charge in [-0.1, -0.05) is 18.2 Å². The van der Waals surface area contributed by atoms with Gasteiger partial charge in [0.25, 0.3) is 0 Å². The first-order valence-corrected chi connectivity index (χ1v) is 14.8. The summed E-state index contributed by atoms with van der Waals surface area (Å²) in [5.41, 5.74) is 7.45. The van der Waals surface area contributed by atoms with E-state index in [4.69, 9.17) is 4.98 Å². The third kappa shape index (κ3) is 3.99. The van der Waals surface area contributed by atoms with Gasteiger partial charge in [-0.05, 0) is 72.7 Å². The predicted molar refractivity (Wildman–Crippen MR) is 152 cm³/mol. The van der Waals surface area contributed by atoms with E-state index < -0.39 is 5.60 Å². The molecule has 0 saturated carbocycles. The summed E-state index contributed by atoms with van der Waals surface area (Å²) >= 11 is 2.31. The van der Waals surface area contributed by atoms with E-state index in [2.05, 4.69) is 95.9 Å². The molecule has 5 nitrogen and oxygen atoms in total. The summed E-state index contributed by atoms with van der Waals surface area (Å²) in [4.78, 5) is 10.5. The highest BCUT2D eigenvalue weighted by molar-refractivity contribution is 14.2. The molecule has 1 aliphatic rings. The van der Waals surface area contributed by atoms with E-state index in [0.717, 1.165) is 53.6 Å². The highest BCUT2D eigenvalue weighted by atomic mass is 127. The summed E-state index contributed by atoms with van der Waals surface area (Å²) in [6.45, 7) is 3.71. The van der Waals surface area contributed by atoms with Crippen LogP contribution in [0, 0.1) is 0 Å².